The fourth-order valence-corrected chi connectivity index (χ4v) is 2.43. The van der Waals surface area contributed by atoms with E-state index < -0.39 is 35.0 Å². The second kappa shape index (κ2) is 5.88. The average Bonchev–Trinajstić information content (AvgIpc) is 2.84. The first-order valence-electron chi connectivity index (χ1n) is 7.02. The Balaban J connectivity index is 1.86. The molecule has 0 aliphatic rings. The lowest BCUT2D eigenvalue weighted by molar-refractivity contribution is 0.0931. The molecule has 0 aliphatic heterocycles. The molecule has 1 amide bonds. The summed E-state index contributed by atoms with van der Waals surface area (Å²) >= 11 is 0. The minimum absolute atomic E-state index is 0.366. The van der Waals surface area contributed by atoms with Crippen LogP contribution >= 0.6 is 0 Å². The third-order valence-corrected chi connectivity index (χ3v) is 3.62. The summed E-state index contributed by atoms with van der Waals surface area (Å²) < 4.78 is 40.2. The van der Waals surface area contributed by atoms with Gasteiger partial charge in [0.05, 0.1) is 17.1 Å². The van der Waals surface area contributed by atoms with Crippen LogP contribution in [0.1, 0.15) is 28.9 Å². The third kappa shape index (κ3) is 2.90. The second-order valence-corrected chi connectivity index (χ2v) is 5.32. The summed E-state index contributed by atoms with van der Waals surface area (Å²) in [5.74, 6) is -4.65. The molecule has 0 spiro atoms. The Bertz CT molecular complexity index is 971. The van der Waals surface area contributed by atoms with Crippen molar-refractivity contribution in [1.29, 1.82) is 0 Å². The van der Waals surface area contributed by atoms with Crippen molar-refractivity contribution < 1.29 is 18.0 Å². The van der Waals surface area contributed by atoms with Gasteiger partial charge in [-0.3, -0.25) is 4.79 Å². The van der Waals surface area contributed by atoms with E-state index in [9.17, 15) is 22.8 Å². The zero-order chi connectivity index (χ0) is 17.4. The van der Waals surface area contributed by atoms with Crippen LogP contribution in [-0.4, -0.2) is 15.9 Å². The molecule has 24 heavy (non-hydrogen) atoms. The summed E-state index contributed by atoms with van der Waals surface area (Å²) in [4.78, 5) is 28.5. The number of carbonyl (C=O) groups is 1. The summed E-state index contributed by atoms with van der Waals surface area (Å²) in [7, 11) is 0. The molecule has 3 aromatic rings. The zero-order valence-electron chi connectivity index (χ0n) is 12.4. The van der Waals surface area contributed by atoms with E-state index in [1.54, 1.807) is 25.1 Å². The van der Waals surface area contributed by atoms with E-state index in [0.717, 1.165) is 0 Å². The first-order chi connectivity index (χ1) is 11.3. The zero-order valence-corrected chi connectivity index (χ0v) is 12.4. The van der Waals surface area contributed by atoms with Crippen LogP contribution in [0.4, 0.5) is 13.2 Å². The van der Waals surface area contributed by atoms with Crippen molar-refractivity contribution in [2.24, 2.45) is 0 Å². The fourth-order valence-electron chi connectivity index (χ4n) is 2.43. The molecule has 0 aliphatic carbocycles. The number of aromatic amines is 2. The van der Waals surface area contributed by atoms with Crippen molar-refractivity contribution in [3.8, 4) is 0 Å². The molecule has 5 nitrogen and oxygen atoms in total. The van der Waals surface area contributed by atoms with E-state index in [1.165, 1.54) is 0 Å². The van der Waals surface area contributed by atoms with Gasteiger partial charge in [0.15, 0.2) is 0 Å². The van der Waals surface area contributed by atoms with Gasteiger partial charge < -0.3 is 15.3 Å². The van der Waals surface area contributed by atoms with Gasteiger partial charge in [0.25, 0.3) is 5.91 Å². The number of fused-ring (bicyclic) bond motifs is 1. The predicted molar refractivity (Wildman–Crippen MR) is 81.1 cm³/mol. The summed E-state index contributed by atoms with van der Waals surface area (Å²) in [5, 5.41) is 2.44. The van der Waals surface area contributed by atoms with Gasteiger partial charge in [0, 0.05) is 12.1 Å². The minimum atomic E-state index is -1.28. The molecule has 3 rings (SSSR count). The molecule has 3 N–H and O–H groups in total. The number of aromatic nitrogens is 2. The Hall–Kier alpha value is -3.03. The highest BCUT2D eigenvalue weighted by atomic mass is 19.1. The van der Waals surface area contributed by atoms with E-state index in [2.05, 4.69) is 15.3 Å². The molecule has 0 saturated heterocycles. The lowest BCUT2D eigenvalue weighted by Crippen LogP contribution is -2.28. The molecule has 0 bridgehead atoms. The molecule has 2 aromatic carbocycles. The van der Waals surface area contributed by atoms with Crippen LogP contribution in [0, 0.1) is 17.5 Å². The number of halogens is 3. The molecular formula is C16H12F3N3O2. The molecule has 1 atom stereocenters. The van der Waals surface area contributed by atoms with Crippen LogP contribution in [0.15, 0.2) is 35.1 Å². The quantitative estimate of drug-likeness (QED) is 0.688. The summed E-state index contributed by atoms with van der Waals surface area (Å²) in [5.41, 5.74) is 0.540. The van der Waals surface area contributed by atoms with Gasteiger partial charge in [0.1, 0.15) is 23.0 Å². The SMILES string of the molecule is CC(NC(=O)c1c(F)cc(F)cc1F)c1ccc2[nH]c(=O)[nH]c2c1. The van der Waals surface area contributed by atoms with Crippen LogP contribution in [0.2, 0.25) is 0 Å². The largest absolute Gasteiger partial charge is 0.345 e. The van der Waals surface area contributed by atoms with Gasteiger partial charge in [-0.1, -0.05) is 6.07 Å². The Labute approximate surface area is 133 Å². The summed E-state index contributed by atoms with van der Waals surface area (Å²) in [6.07, 6.45) is 0. The maximum Gasteiger partial charge on any atom is 0.323 e. The second-order valence-electron chi connectivity index (χ2n) is 5.32. The van der Waals surface area contributed by atoms with Gasteiger partial charge in [-0.2, -0.15) is 0 Å². The Kier molecular flexibility index (Phi) is 3.88. The molecule has 0 saturated carbocycles. The van der Waals surface area contributed by atoms with Crippen molar-refractivity contribution in [2.75, 3.05) is 0 Å². The molecule has 1 unspecified atom stereocenters. The Morgan fingerprint density at radius 3 is 2.33 bits per heavy atom. The highest BCUT2D eigenvalue weighted by molar-refractivity contribution is 5.95. The number of nitrogens with one attached hydrogen (secondary N) is 3. The first-order valence-corrected chi connectivity index (χ1v) is 7.02. The van der Waals surface area contributed by atoms with Crippen LogP contribution in [0.25, 0.3) is 11.0 Å². The maximum atomic E-state index is 13.6. The molecule has 0 radical (unpaired) electrons. The minimum Gasteiger partial charge on any atom is -0.345 e. The van der Waals surface area contributed by atoms with Crippen molar-refractivity contribution in [1.82, 2.24) is 15.3 Å². The van der Waals surface area contributed by atoms with Gasteiger partial charge >= 0.3 is 5.69 Å². The van der Waals surface area contributed by atoms with Gasteiger partial charge in [0.2, 0.25) is 0 Å². The normalized spacial score (nSPS) is 12.3. The van der Waals surface area contributed by atoms with Crippen LogP contribution in [-0.2, 0) is 0 Å². The van der Waals surface area contributed by atoms with Crippen LogP contribution in [0.5, 0.6) is 0 Å². The smallest absolute Gasteiger partial charge is 0.323 e. The number of imidazole rings is 1. The number of benzene rings is 2. The molecular weight excluding hydrogens is 323 g/mol. The average molecular weight is 335 g/mol. The van der Waals surface area contributed by atoms with Crippen LogP contribution in [0.3, 0.4) is 0 Å². The van der Waals surface area contributed by atoms with E-state index in [-0.39, 0.29) is 5.69 Å². The van der Waals surface area contributed by atoms with E-state index >= 15 is 0 Å². The lowest BCUT2D eigenvalue weighted by atomic mass is 10.1. The Morgan fingerprint density at radius 2 is 1.67 bits per heavy atom. The number of hydrogen-bond acceptors (Lipinski definition) is 2. The molecule has 1 heterocycles. The monoisotopic (exact) mass is 335 g/mol. The highest BCUT2D eigenvalue weighted by Crippen LogP contribution is 2.19. The van der Waals surface area contributed by atoms with Crippen molar-refractivity contribution >= 4 is 16.9 Å². The van der Waals surface area contributed by atoms with Crippen LogP contribution < -0.4 is 11.0 Å². The number of H-pyrrole nitrogens is 2. The lowest BCUT2D eigenvalue weighted by Gasteiger charge is -2.15. The maximum absolute atomic E-state index is 13.6. The molecule has 8 heteroatoms. The first kappa shape index (κ1) is 15.9. The van der Waals surface area contributed by atoms with E-state index in [0.29, 0.717) is 28.7 Å². The van der Waals surface area contributed by atoms with Gasteiger partial charge in [-0.25, -0.2) is 18.0 Å². The number of amides is 1. The van der Waals surface area contributed by atoms with Gasteiger partial charge in [-0.05, 0) is 24.6 Å². The standard InChI is InChI=1S/C16H12F3N3O2/c1-7(8-2-3-12-13(4-8)22-16(24)21-12)20-15(23)14-10(18)5-9(17)6-11(14)19/h2-7H,1H3,(H,20,23)(H2,21,22,24). The molecule has 1 aromatic heterocycles. The fraction of sp³-hybridized carbons (Fsp3) is 0.125. The summed E-state index contributed by atoms with van der Waals surface area (Å²) in [6.45, 7) is 1.61. The number of hydrogen-bond donors (Lipinski definition) is 3. The molecule has 0 fully saturated rings. The Morgan fingerprint density at radius 1 is 1.04 bits per heavy atom. The summed E-state index contributed by atoms with van der Waals surface area (Å²) in [6, 6.07) is 5.23. The van der Waals surface area contributed by atoms with E-state index in [1.807, 2.05) is 0 Å². The number of carbonyl (C=O) groups excluding carboxylic acids is 1. The van der Waals surface area contributed by atoms with Crippen molar-refractivity contribution in [3.05, 3.63) is 69.4 Å². The third-order valence-electron chi connectivity index (χ3n) is 3.62. The molecule has 124 valence electrons. The van der Waals surface area contributed by atoms with Crippen molar-refractivity contribution in [3.63, 3.8) is 0 Å². The highest BCUT2D eigenvalue weighted by Gasteiger charge is 2.21. The van der Waals surface area contributed by atoms with Gasteiger partial charge in [-0.15, -0.1) is 0 Å². The number of rotatable bonds is 3. The topological polar surface area (TPSA) is 77.8 Å². The predicted octanol–water partition coefficient (Wildman–Crippen LogP) is 2.76. The van der Waals surface area contributed by atoms with Crippen molar-refractivity contribution in [2.45, 2.75) is 13.0 Å². The van der Waals surface area contributed by atoms with E-state index in [4.69, 9.17) is 0 Å².